The largest absolute Gasteiger partial charge is 0.496 e. The van der Waals surface area contributed by atoms with Crippen LogP contribution in [0.5, 0.6) is 23.0 Å². The second kappa shape index (κ2) is 10.0. The summed E-state index contributed by atoms with van der Waals surface area (Å²) in [7, 11) is 4.61. The molecule has 3 atom stereocenters. The molecule has 2 amide bonds. The predicted octanol–water partition coefficient (Wildman–Crippen LogP) is 4.16. The topological polar surface area (TPSA) is 86.8 Å². The molecule has 0 spiro atoms. The van der Waals surface area contributed by atoms with E-state index in [1.165, 1.54) is 19.1 Å². The van der Waals surface area contributed by atoms with Crippen molar-refractivity contribution >= 4 is 23.2 Å². The normalized spacial score (nSPS) is 20.7. The zero-order chi connectivity index (χ0) is 26.1. The monoisotopic (exact) mass is 504 g/mol. The van der Waals surface area contributed by atoms with Crippen molar-refractivity contribution in [3.05, 3.63) is 72.3 Å². The van der Waals surface area contributed by atoms with Crippen molar-refractivity contribution in [1.29, 1.82) is 0 Å². The molecule has 2 fully saturated rings. The average molecular weight is 505 g/mol. The molecule has 9 heteroatoms. The molecule has 3 aromatic carbocycles. The van der Waals surface area contributed by atoms with Gasteiger partial charge in [-0.15, -0.1) is 0 Å². The quantitative estimate of drug-likeness (QED) is 0.423. The number of hydrogen-bond donors (Lipinski definition) is 0. The van der Waals surface area contributed by atoms with E-state index >= 15 is 0 Å². The van der Waals surface area contributed by atoms with E-state index in [0.717, 1.165) is 0 Å². The lowest BCUT2D eigenvalue weighted by molar-refractivity contribution is -0.126. The number of anilines is 2. The fourth-order valence-electron chi connectivity index (χ4n) is 4.93. The second-order valence-electron chi connectivity index (χ2n) is 8.55. The van der Waals surface area contributed by atoms with Gasteiger partial charge in [-0.25, -0.2) is 9.96 Å². The molecule has 192 valence electrons. The van der Waals surface area contributed by atoms with E-state index in [4.69, 9.17) is 23.8 Å². The molecule has 9 nitrogen and oxygen atoms in total. The Kier molecular flexibility index (Phi) is 6.62. The average Bonchev–Trinajstić information content (AvgIpc) is 3.44. The number of imide groups is 1. The second-order valence-corrected chi connectivity index (χ2v) is 8.55. The molecule has 2 aliphatic rings. The van der Waals surface area contributed by atoms with Crippen molar-refractivity contribution in [3.8, 4) is 23.0 Å². The number of amides is 2. The molecular weight excluding hydrogens is 476 g/mol. The van der Waals surface area contributed by atoms with Gasteiger partial charge in [-0.3, -0.25) is 14.4 Å². The molecule has 0 saturated carbocycles. The van der Waals surface area contributed by atoms with Gasteiger partial charge in [0.25, 0.3) is 5.91 Å². The molecule has 37 heavy (non-hydrogen) atoms. The van der Waals surface area contributed by atoms with Crippen molar-refractivity contribution in [1.82, 2.24) is 0 Å². The number of hydrogen-bond acceptors (Lipinski definition) is 8. The maximum Gasteiger partial charge on any atom is 0.266 e. The molecular formula is C28H28N2O7. The lowest BCUT2D eigenvalue weighted by Gasteiger charge is -2.30. The third-order valence-corrected chi connectivity index (χ3v) is 6.59. The highest BCUT2D eigenvalue weighted by Crippen LogP contribution is 2.51. The summed E-state index contributed by atoms with van der Waals surface area (Å²) < 4.78 is 22.2. The predicted molar refractivity (Wildman–Crippen MR) is 136 cm³/mol. The minimum absolute atomic E-state index is 0.362. The molecule has 3 aromatic rings. The maximum atomic E-state index is 13.9. The fourth-order valence-corrected chi connectivity index (χ4v) is 4.93. The molecule has 0 radical (unpaired) electrons. The summed E-state index contributed by atoms with van der Waals surface area (Å²) in [4.78, 5) is 34.9. The third kappa shape index (κ3) is 4.11. The van der Waals surface area contributed by atoms with Crippen LogP contribution >= 0.6 is 0 Å². The van der Waals surface area contributed by atoms with E-state index in [2.05, 4.69) is 0 Å². The molecule has 2 saturated heterocycles. The lowest BCUT2D eigenvalue weighted by Crippen LogP contribution is -2.37. The van der Waals surface area contributed by atoms with Crippen LogP contribution in [-0.4, -0.2) is 45.9 Å². The van der Waals surface area contributed by atoms with Crippen molar-refractivity contribution in [2.24, 2.45) is 5.92 Å². The number of methoxy groups -OCH3 is 3. The van der Waals surface area contributed by atoms with Crippen LogP contribution in [0, 0.1) is 5.92 Å². The molecule has 0 aromatic heterocycles. The highest BCUT2D eigenvalue weighted by molar-refractivity contribution is 6.24. The van der Waals surface area contributed by atoms with Crippen LogP contribution in [0.15, 0.2) is 66.7 Å². The van der Waals surface area contributed by atoms with Crippen LogP contribution in [0.4, 0.5) is 11.4 Å². The van der Waals surface area contributed by atoms with Gasteiger partial charge < -0.3 is 18.9 Å². The Labute approximate surface area is 215 Å². The van der Waals surface area contributed by atoms with Gasteiger partial charge in [0.2, 0.25) is 5.91 Å². The van der Waals surface area contributed by atoms with E-state index in [9.17, 15) is 9.59 Å². The number of ether oxygens (including phenoxy) is 4. The Balaban J connectivity index is 1.61. The number of benzene rings is 3. The van der Waals surface area contributed by atoms with Crippen molar-refractivity contribution in [2.75, 3.05) is 37.9 Å². The highest BCUT2D eigenvalue weighted by Gasteiger charge is 2.61. The molecule has 0 bridgehead atoms. The first kappa shape index (κ1) is 24.5. The number of carbonyl (C=O) groups excluding carboxylic acids is 2. The minimum Gasteiger partial charge on any atom is -0.496 e. The Bertz CT molecular complexity index is 1300. The molecule has 0 aliphatic carbocycles. The zero-order valence-electron chi connectivity index (χ0n) is 21.0. The Hall–Kier alpha value is -4.24. The Morgan fingerprint density at radius 2 is 1.43 bits per heavy atom. The first-order chi connectivity index (χ1) is 18.0. The summed E-state index contributed by atoms with van der Waals surface area (Å²) in [5.41, 5.74) is 1.79. The van der Waals surface area contributed by atoms with Gasteiger partial charge in [-0.1, -0.05) is 18.2 Å². The fraction of sp³-hybridized carbons (Fsp3) is 0.286. The van der Waals surface area contributed by atoms with Crippen LogP contribution in [0.3, 0.4) is 0 Å². The number of carbonyl (C=O) groups is 2. The van der Waals surface area contributed by atoms with Gasteiger partial charge in [-0.2, -0.15) is 0 Å². The highest BCUT2D eigenvalue weighted by atomic mass is 16.7. The summed E-state index contributed by atoms with van der Waals surface area (Å²) in [6.07, 6.45) is -1.01. The van der Waals surface area contributed by atoms with Crippen LogP contribution in [0.25, 0.3) is 0 Å². The van der Waals surface area contributed by atoms with Crippen molar-refractivity contribution in [3.63, 3.8) is 0 Å². The smallest absolute Gasteiger partial charge is 0.266 e. The van der Waals surface area contributed by atoms with Gasteiger partial charge >= 0.3 is 0 Å². The third-order valence-electron chi connectivity index (χ3n) is 6.59. The molecule has 2 heterocycles. The SMILES string of the molecule is CCOc1ccc(N2C(=O)[C@H]3[C@@H](ON(c4ccccc4)[C@H]3c3cc(OC)c(OC)cc3OC)C2=O)cc1. The van der Waals surface area contributed by atoms with Gasteiger partial charge in [0.15, 0.2) is 17.6 Å². The van der Waals surface area contributed by atoms with Gasteiger partial charge in [0, 0.05) is 11.6 Å². The number of fused-ring (bicyclic) bond motifs is 1. The summed E-state index contributed by atoms with van der Waals surface area (Å²) in [6, 6.07) is 19.0. The first-order valence-corrected chi connectivity index (χ1v) is 11.9. The molecule has 0 N–H and O–H groups in total. The van der Waals surface area contributed by atoms with Gasteiger partial charge in [0.05, 0.1) is 39.3 Å². The summed E-state index contributed by atoms with van der Waals surface area (Å²) >= 11 is 0. The Morgan fingerprint density at radius 1 is 0.784 bits per heavy atom. The molecule has 2 aliphatic heterocycles. The molecule has 0 unspecified atom stereocenters. The van der Waals surface area contributed by atoms with E-state index in [1.807, 2.05) is 37.3 Å². The first-order valence-electron chi connectivity index (χ1n) is 11.9. The standard InChI is InChI=1S/C28H28N2O7/c1-5-36-19-13-11-17(12-14-19)29-27(31)24-25(20-15-22(34-3)23(35-4)16-21(20)33-2)30(37-26(24)28(29)32)18-9-7-6-8-10-18/h6-16,24-26H,5H2,1-4H3/t24-,25+,26-/m1/s1. The summed E-state index contributed by atoms with van der Waals surface area (Å²) in [5, 5.41) is 1.62. The van der Waals surface area contributed by atoms with Crippen molar-refractivity contribution in [2.45, 2.75) is 19.1 Å². The Morgan fingerprint density at radius 3 is 2.05 bits per heavy atom. The van der Waals surface area contributed by atoms with E-state index < -0.39 is 24.0 Å². The van der Waals surface area contributed by atoms with Crippen molar-refractivity contribution < 1.29 is 33.4 Å². The molecule has 5 rings (SSSR count). The van der Waals surface area contributed by atoms with Gasteiger partial charge in [0.1, 0.15) is 23.5 Å². The van der Waals surface area contributed by atoms with Gasteiger partial charge in [-0.05, 0) is 49.4 Å². The van der Waals surface area contributed by atoms with E-state index in [0.29, 0.717) is 46.5 Å². The van der Waals surface area contributed by atoms with Crippen LogP contribution < -0.4 is 28.9 Å². The van der Waals surface area contributed by atoms with E-state index in [1.54, 1.807) is 48.6 Å². The number of nitrogens with zero attached hydrogens (tertiary/aromatic N) is 2. The number of rotatable bonds is 8. The van der Waals surface area contributed by atoms with E-state index in [-0.39, 0.29) is 5.91 Å². The number of hydroxylamine groups is 1. The van der Waals surface area contributed by atoms with Crippen LogP contribution in [0.1, 0.15) is 18.5 Å². The zero-order valence-corrected chi connectivity index (χ0v) is 21.0. The lowest BCUT2D eigenvalue weighted by atomic mass is 9.89. The summed E-state index contributed by atoms with van der Waals surface area (Å²) in [5.74, 6) is 0.467. The van der Waals surface area contributed by atoms with Crippen LogP contribution in [0.2, 0.25) is 0 Å². The number of para-hydroxylation sites is 1. The minimum atomic E-state index is -1.01. The maximum absolute atomic E-state index is 13.9. The van der Waals surface area contributed by atoms with Crippen LogP contribution in [-0.2, 0) is 14.4 Å². The summed E-state index contributed by atoms with van der Waals surface area (Å²) in [6.45, 7) is 2.41.